The van der Waals surface area contributed by atoms with Crippen LogP contribution in [0.25, 0.3) is 106 Å². The molecule has 13 rings (SSSR count). The van der Waals surface area contributed by atoms with Crippen molar-refractivity contribution in [3.63, 3.8) is 0 Å². The molecule has 0 aliphatic heterocycles. The number of hydrogen-bond acceptors (Lipinski definition) is 7. The summed E-state index contributed by atoms with van der Waals surface area (Å²) in [6, 6.07) is 77.3. The first-order chi connectivity index (χ1) is 34.2. The molecule has 0 aliphatic carbocycles. The SMILES string of the molecule is c1ccc(-c2nc(-c3ccccc3)nc(-n3c4ccccc4c4cc5c(cc43)oc3ccc(-c4cccc(N(c6cccc(-c7ccccn7)c6)c6cccc(-c7ccccn7)c6)c4)cc35)n2)cc1. The number of anilines is 3. The van der Waals surface area contributed by atoms with Crippen LogP contribution in [0.4, 0.5) is 17.1 Å². The van der Waals surface area contributed by atoms with E-state index in [1.807, 2.05) is 109 Å². The summed E-state index contributed by atoms with van der Waals surface area (Å²) in [5, 5.41) is 4.23. The van der Waals surface area contributed by atoms with Crippen molar-refractivity contribution in [1.82, 2.24) is 29.5 Å². The van der Waals surface area contributed by atoms with E-state index in [1.54, 1.807) is 0 Å². The van der Waals surface area contributed by atoms with E-state index in [9.17, 15) is 0 Å². The van der Waals surface area contributed by atoms with E-state index in [4.69, 9.17) is 19.4 Å². The molecular weight excluding hydrogens is 847 g/mol. The van der Waals surface area contributed by atoms with Crippen LogP contribution in [-0.4, -0.2) is 29.5 Å². The standard InChI is InChI=1S/C61H39N7O/c1-3-16-40(17-4-1)59-64-60(41-18-5-2-6-19-41)66-61(65-59)68-55-29-8-7-26-49(55)50-38-52-51-37-43(30-31-57(51)69-58(52)39-56(50)68)42-20-13-23-46(34-42)67(47-24-14-21-44(35-47)53-27-9-11-32-62-53)48-25-15-22-45(36-48)54-28-10-12-33-63-54/h1-39H. The molecule has 0 radical (unpaired) electrons. The van der Waals surface area contributed by atoms with Crippen molar-refractivity contribution >= 4 is 60.8 Å². The Morgan fingerprint density at radius 3 is 1.46 bits per heavy atom. The van der Waals surface area contributed by atoms with Gasteiger partial charge in [0.25, 0.3) is 0 Å². The smallest absolute Gasteiger partial charge is 0.238 e. The monoisotopic (exact) mass is 885 g/mol. The van der Waals surface area contributed by atoms with Crippen molar-refractivity contribution in [2.75, 3.05) is 4.90 Å². The lowest BCUT2D eigenvalue weighted by atomic mass is 10.0. The second-order valence-corrected chi connectivity index (χ2v) is 17.0. The molecule has 8 nitrogen and oxygen atoms in total. The highest BCUT2D eigenvalue weighted by atomic mass is 16.3. The molecule has 0 atom stereocenters. The minimum absolute atomic E-state index is 0.535. The summed E-state index contributed by atoms with van der Waals surface area (Å²) in [7, 11) is 0. The van der Waals surface area contributed by atoms with Crippen LogP contribution in [0, 0.1) is 0 Å². The first kappa shape index (κ1) is 39.8. The highest BCUT2D eigenvalue weighted by molar-refractivity contribution is 6.17. The number of rotatable bonds is 9. The Hall–Kier alpha value is -9.53. The fourth-order valence-corrected chi connectivity index (χ4v) is 9.48. The lowest BCUT2D eigenvalue weighted by Crippen LogP contribution is -2.10. The molecular formula is C61H39N7O. The van der Waals surface area contributed by atoms with Gasteiger partial charge in [0.15, 0.2) is 11.6 Å². The third kappa shape index (κ3) is 7.24. The van der Waals surface area contributed by atoms with Gasteiger partial charge >= 0.3 is 0 Å². The third-order valence-electron chi connectivity index (χ3n) is 12.7. The fraction of sp³-hybridized carbons (Fsp3) is 0. The first-order valence-electron chi connectivity index (χ1n) is 22.9. The molecule has 0 saturated carbocycles. The van der Waals surface area contributed by atoms with Gasteiger partial charge < -0.3 is 9.32 Å². The number of pyridine rings is 2. The van der Waals surface area contributed by atoms with Gasteiger partial charge in [-0.1, -0.05) is 133 Å². The van der Waals surface area contributed by atoms with Crippen LogP contribution in [-0.2, 0) is 0 Å². The predicted molar refractivity (Wildman–Crippen MR) is 279 cm³/mol. The van der Waals surface area contributed by atoms with Crippen molar-refractivity contribution in [3.8, 4) is 62.4 Å². The van der Waals surface area contributed by atoms with Crippen molar-refractivity contribution in [2.45, 2.75) is 0 Å². The summed E-state index contributed by atoms with van der Waals surface area (Å²) in [4.78, 5) is 26.9. The lowest BCUT2D eigenvalue weighted by Gasteiger charge is -2.27. The molecule has 5 aromatic heterocycles. The van der Waals surface area contributed by atoms with Crippen LogP contribution in [0.1, 0.15) is 0 Å². The number of benzene rings is 8. The van der Waals surface area contributed by atoms with E-state index < -0.39 is 0 Å². The highest BCUT2D eigenvalue weighted by Gasteiger charge is 2.21. The largest absolute Gasteiger partial charge is 0.456 e. The summed E-state index contributed by atoms with van der Waals surface area (Å²) in [5.74, 6) is 1.74. The number of furan rings is 1. The molecule has 0 amide bonds. The van der Waals surface area contributed by atoms with Crippen molar-refractivity contribution in [2.24, 2.45) is 0 Å². The van der Waals surface area contributed by atoms with E-state index in [2.05, 4.69) is 147 Å². The minimum Gasteiger partial charge on any atom is -0.456 e. The van der Waals surface area contributed by atoms with Crippen LogP contribution in [0.5, 0.6) is 0 Å². The molecule has 0 fully saturated rings. The molecule has 0 saturated heterocycles. The summed E-state index contributed by atoms with van der Waals surface area (Å²) < 4.78 is 8.85. The van der Waals surface area contributed by atoms with Crippen molar-refractivity contribution < 1.29 is 4.42 Å². The van der Waals surface area contributed by atoms with Gasteiger partial charge in [-0.3, -0.25) is 14.5 Å². The van der Waals surface area contributed by atoms with Gasteiger partial charge in [0.05, 0.1) is 22.4 Å². The maximum Gasteiger partial charge on any atom is 0.238 e. The van der Waals surface area contributed by atoms with Crippen LogP contribution in [0.2, 0.25) is 0 Å². The Balaban J connectivity index is 0.944. The number of para-hydroxylation sites is 1. The molecule has 0 aliphatic rings. The van der Waals surface area contributed by atoms with E-state index >= 15 is 0 Å². The van der Waals surface area contributed by atoms with Crippen LogP contribution < -0.4 is 4.90 Å². The maximum absolute atomic E-state index is 6.71. The Morgan fingerprint density at radius 1 is 0.333 bits per heavy atom. The van der Waals surface area contributed by atoms with Gasteiger partial charge in [0, 0.05) is 79.3 Å². The number of nitrogens with zero attached hydrogens (tertiary/aromatic N) is 7. The van der Waals surface area contributed by atoms with Crippen LogP contribution >= 0.6 is 0 Å². The summed E-state index contributed by atoms with van der Waals surface area (Å²) >= 11 is 0. The molecule has 69 heavy (non-hydrogen) atoms. The number of fused-ring (bicyclic) bond motifs is 6. The van der Waals surface area contributed by atoms with E-state index in [0.29, 0.717) is 17.6 Å². The molecule has 0 bridgehead atoms. The van der Waals surface area contributed by atoms with Crippen molar-refractivity contribution in [1.29, 1.82) is 0 Å². The average molecular weight is 886 g/mol. The average Bonchev–Trinajstić information content (AvgIpc) is 3.95. The normalized spacial score (nSPS) is 11.5. The van der Waals surface area contributed by atoms with E-state index in [0.717, 1.165) is 106 Å². The van der Waals surface area contributed by atoms with E-state index in [1.165, 1.54) is 0 Å². The summed E-state index contributed by atoms with van der Waals surface area (Å²) in [6.07, 6.45) is 3.67. The van der Waals surface area contributed by atoms with E-state index in [-0.39, 0.29) is 0 Å². The second-order valence-electron chi connectivity index (χ2n) is 17.0. The van der Waals surface area contributed by atoms with Gasteiger partial charge in [0.1, 0.15) is 11.2 Å². The van der Waals surface area contributed by atoms with Crippen molar-refractivity contribution in [3.05, 3.63) is 237 Å². The fourth-order valence-electron chi connectivity index (χ4n) is 9.48. The molecule has 324 valence electrons. The van der Waals surface area contributed by atoms with Gasteiger partial charge in [-0.15, -0.1) is 0 Å². The first-order valence-corrected chi connectivity index (χ1v) is 22.9. The zero-order valence-electron chi connectivity index (χ0n) is 37.1. The molecule has 0 N–H and O–H groups in total. The van der Waals surface area contributed by atoms with Gasteiger partial charge in [-0.05, 0) is 96.1 Å². The van der Waals surface area contributed by atoms with Crippen LogP contribution in [0.15, 0.2) is 241 Å². The maximum atomic E-state index is 6.71. The lowest BCUT2D eigenvalue weighted by molar-refractivity contribution is 0.669. The van der Waals surface area contributed by atoms with Gasteiger partial charge in [-0.25, -0.2) is 4.98 Å². The molecule has 8 heteroatoms. The third-order valence-corrected chi connectivity index (χ3v) is 12.7. The Morgan fingerprint density at radius 2 is 0.855 bits per heavy atom. The quantitative estimate of drug-likeness (QED) is 0.143. The van der Waals surface area contributed by atoms with Crippen LogP contribution in [0.3, 0.4) is 0 Å². The molecule has 8 aromatic carbocycles. The zero-order valence-corrected chi connectivity index (χ0v) is 37.1. The summed E-state index contributed by atoms with van der Waals surface area (Å²) in [5.41, 5.74) is 14.4. The minimum atomic E-state index is 0.535. The molecule has 5 heterocycles. The Labute approximate surface area is 397 Å². The second kappa shape index (κ2) is 16.7. The van der Waals surface area contributed by atoms with Gasteiger partial charge in [-0.2, -0.15) is 9.97 Å². The molecule has 13 aromatic rings. The Bertz CT molecular complexity index is 3880. The zero-order chi connectivity index (χ0) is 45.7. The molecule has 0 unspecified atom stereocenters. The van der Waals surface area contributed by atoms with Gasteiger partial charge in [0.2, 0.25) is 5.95 Å². The summed E-state index contributed by atoms with van der Waals surface area (Å²) in [6.45, 7) is 0. The number of aromatic nitrogens is 6. The molecule has 0 spiro atoms. The predicted octanol–water partition coefficient (Wildman–Crippen LogP) is 15.5. The highest BCUT2D eigenvalue weighted by Crippen LogP contribution is 2.42. The topological polar surface area (TPSA) is 85.8 Å². The Kier molecular flexibility index (Phi) is 9.65. The number of hydrogen-bond donors (Lipinski definition) is 0.